The van der Waals surface area contributed by atoms with Crippen LogP contribution >= 0.6 is 0 Å². The third-order valence-corrected chi connectivity index (χ3v) is 4.23. The van der Waals surface area contributed by atoms with Gasteiger partial charge in [-0.1, -0.05) is 36.4 Å². The van der Waals surface area contributed by atoms with E-state index in [0.717, 1.165) is 29.7 Å². The number of aryl methyl sites for hydroxylation is 1. The van der Waals surface area contributed by atoms with Gasteiger partial charge in [-0.2, -0.15) is 0 Å². The smallest absolute Gasteiger partial charge is 0.254 e. The first-order valence-corrected chi connectivity index (χ1v) is 7.92. The Morgan fingerprint density at radius 1 is 1.30 bits per heavy atom. The Morgan fingerprint density at radius 2 is 2.13 bits per heavy atom. The molecule has 23 heavy (non-hydrogen) atoms. The van der Waals surface area contributed by atoms with E-state index in [-0.39, 0.29) is 18.2 Å². The molecule has 1 aliphatic rings. The summed E-state index contributed by atoms with van der Waals surface area (Å²) in [6, 6.07) is 10.3. The van der Waals surface area contributed by atoms with Gasteiger partial charge < -0.3 is 15.4 Å². The summed E-state index contributed by atoms with van der Waals surface area (Å²) in [5.41, 5.74) is 3.75. The number of hydrogen-bond donors (Lipinski definition) is 3. The molecule has 0 fully saturated rings. The van der Waals surface area contributed by atoms with Crippen molar-refractivity contribution >= 4 is 5.57 Å². The number of rotatable bonds is 7. The minimum atomic E-state index is -0.0657. The molecular weight excluding hydrogens is 290 g/mol. The van der Waals surface area contributed by atoms with Crippen LogP contribution in [-0.4, -0.2) is 34.3 Å². The van der Waals surface area contributed by atoms with Crippen molar-refractivity contribution in [1.29, 1.82) is 0 Å². The third kappa shape index (κ3) is 3.75. The van der Waals surface area contributed by atoms with Crippen molar-refractivity contribution in [1.82, 2.24) is 15.3 Å². The summed E-state index contributed by atoms with van der Waals surface area (Å²) in [6.45, 7) is 0.708. The summed E-state index contributed by atoms with van der Waals surface area (Å²) in [7, 11) is 0. The molecule has 0 amide bonds. The summed E-state index contributed by atoms with van der Waals surface area (Å²) in [6.07, 6.45) is 5.89. The van der Waals surface area contributed by atoms with Crippen LogP contribution in [0.5, 0.6) is 0 Å². The van der Waals surface area contributed by atoms with Gasteiger partial charge in [-0.05, 0) is 30.4 Å². The van der Waals surface area contributed by atoms with Gasteiger partial charge in [0.05, 0.1) is 18.6 Å². The second kappa shape index (κ2) is 7.35. The number of hydrogen-bond acceptors (Lipinski definition) is 4. The zero-order valence-electron chi connectivity index (χ0n) is 13.0. The number of H-pyrrole nitrogens is 1. The standard InChI is InChI=1S/C18H21N3O2/c22-11-15(8-6-13-4-2-1-3-5-13)19-10-14-7-9-16-17(14)20-12-21-18(16)23/h1-5,7,12,15,19,22H,6,8-11H2,(H,20,21,23). The molecule has 0 saturated heterocycles. The van der Waals surface area contributed by atoms with E-state index in [4.69, 9.17) is 0 Å². The van der Waals surface area contributed by atoms with Crippen molar-refractivity contribution in [2.75, 3.05) is 13.2 Å². The molecule has 0 saturated carbocycles. The SMILES string of the molecule is O=c1[nH]cnc2c1CC=C2CNC(CO)CCc1ccccc1. The minimum absolute atomic E-state index is 0.0298. The number of aromatic amines is 1. The van der Waals surface area contributed by atoms with Gasteiger partial charge in [-0.15, -0.1) is 0 Å². The van der Waals surface area contributed by atoms with E-state index in [1.807, 2.05) is 24.3 Å². The molecule has 1 heterocycles. The fourth-order valence-corrected chi connectivity index (χ4v) is 2.87. The van der Waals surface area contributed by atoms with E-state index in [9.17, 15) is 9.90 Å². The summed E-state index contributed by atoms with van der Waals surface area (Å²) in [5.74, 6) is 0. The van der Waals surface area contributed by atoms with Crippen LogP contribution in [0.15, 0.2) is 47.5 Å². The van der Waals surface area contributed by atoms with Crippen LogP contribution in [0.3, 0.4) is 0 Å². The van der Waals surface area contributed by atoms with Crippen molar-refractivity contribution in [3.8, 4) is 0 Å². The fraction of sp³-hybridized carbons (Fsp3) is 0.333. The molecule has 5 heteroatoms. The van der Waals surface area contributed by atoms with E-state index in [1.165, 1.54) is 11.9 Å². The van der Waals surface area contributed by atoms with Crippen LogP contribution in [0, 0.1) is 0 Å². The Kier molecular flexibility index (Phi) is 5.00. The number of benzene rings is 1. The van der Waals surface area contributed by atoms with E-state index in [0.29, 0.717) is 13.0 Å². The highest BCUT2D eigenvalue weighted by Crippen LogP contribution is 2.21. The number of nitrogens with one attached hydrogen (secondary N) is 2. The van der Waals surface area contributed by atoms with Gasteiger partial charge in [-0.25, -0.2) is 4.98 Å². The van der Waals surface area contributed by atoms with E-state index in [2.05, 4.69) is 27.4 Å². The highest BCUT2D eigenvalue weighted by Gasteiger charge is 2.19. The second-order valence-electron chi connectivity index (χ2n) is 5.78. The molecule has 1 aliphatic carbocycles. The lowest BCUT2D eigenvalue weighted by Crippen LogP contribution is -2.34. The fourth-order valence-electron chi connectivity index (χ4n) is 2.87. The maximum atomic E-state index is 11.7. The van der Waals surface area contributed by atoms with Gasteiger partial charge >= 0.3 is 0 Å². The summed E-state index contributed by atoms with van der Waals surface area (Å²) >= 11 is 0. The molecule has 0 radical (unpaired) electrons. The van der Waals surface area contributed by atoms with Crippen molar-refractivity contribution in [2.45, 2.75) is 25.3 Å². The van der Waals surface area contributed by atoms with Crippen molar-refractivity contribution in [3.63, 3.8) is 0 Å². The maximum absolute atomic E-state index is 11.7. The molecule has 120 valence electrons. The first kappa shape index (κ1) is 15.6. The normalized spacial score (nSPS) is 14.4. The molecule has 0 spiro atoms. The summed E-state index contributed by atoms with van der Waals surface area (Å²) in [4.78, 5) is 18.6. The zero-order chi connectivity index (χ0) is 16.1. The molecule has 1 aromatic carbocycles. The molecule has 1 aromatic heterocycles. The Balaban J connectivity index is 1.55. The van der Waals surface area contributed by atoms with Crippen LogP contribution in [0.2, 0.25) is 0 Å². The highest BCUT2D eigenvalue weighted by atomic mass is 16.3. The van der Waals surface area contributed by atoms with E-state index >= 15 is 0 Å². The van der Waals surface area contributed by atoms with Gasteiger partial charge in [0.25, 0.3) is 5.56 Å². The molecule has 3 rings (SSSR count). The van der Waals surface area contributed by atoms with Crippen LogP contribution in [0.25, 0.3) is 5.57 Å². The Hall–Kier alpha value is -2.24. The molecule has 3 N–H and O–H groups in total. The van der Waals surface area contributed by atoms with Crippen LogP contribution in [-0.2, 0) is 12.8 Å². The lowest BCUT2D eigenvalue weighted by molar-refractivity contribution is 0.239. The lowest BCUT2D eigenvalue weighted by Gasteiger charge is -2.17. The van der Waals surface area contributed by atoms with Gasteiger partial charge in [0, 0.05) is 18.2 Å². The van der Waals surface area contributed by atoms with Crippen molar-refractivity contribution in [3.05, 3.63) is 69.9 Å². The summed E-state index contributed by atoms with van der Waals surface area (Å²) in [5, 5.41) is 12.9. The molecule has 5 nitrogen and oxygen atoms in total. The number of aliphatic hydroxyl groups is 1. The molecule has 2 aromatic rings. The number of allylic oxidation sites excluding steroid dienone is 1. The number of fused-ring (bicyclic) bond motifs is 1. The average molecular weight is 311 g/mol. The van der Waals surface area contributed by atoms with Gasteiger partial charge in [0.1, 0.15) is 0 Å². The van der Waals surface area contributed by atoms with Crippen molar-refractivity contribution < 1.29 is 5.11 Å². The number of nitrogens with zero attached hydrogens (tertiary/aromatic N) is 1. The molecular formula is C18H21N3O2. The van der Waals surface area contributed by atoms with Gasteiger partial charge in [-0.3, -0.25) is 4.79 Å². The van der Waals surface area contributed by atoms with Crippen LogP contribution in [0.4, 0.5) is 0 Å². The quantitative estimate of drug-likeness (QED) is 0.720. The molecule has 1 unspecified atom stereocenters. The molecule has 0 bridgehead atoms. The average Bonchev–Trinajstić information content (AvgIpc) is 3.01. The van der Waals surface area contributed by atoms with Crippen LogP contribution in [0.1, 0.15) is 23.2 Å². The molecule has 1 atom stereocenters. The molecule has 0 aliphatic heterocycles. The topological polar surface area (TPSA) is 78.0 Å². The predicted octanol–water partition coefficient (Wildman–Crippen LogP) is 1.29. The van der Waals surface area contributed by atoms with Gasteiger partial charge in [0.15, 0.2) is 0 Å². The first-order chi connectivity index (χ1) is 11.3. The number of aromatic nitrogens is 2. The second-order valence-corrected chi connectivity index (χ2v) is 5.78. The maximum Gasteiger partial charge on any atom is 0.254 e. The summed E-state index contributed by atoms with van der Waals surface area (Å²) < 4.78 is 0. The monoisotopic (exact) mass is 311 g/mol. The van der Waals surface area contributed by atoms with Gasteiger partial charge in [0.2, 0.25) is 0 Å². The lowest BCUT2D eigenvalue weighted by atomic mass is 10.1. The van der Waals surface area contributed by atoms with Crippen LogP contribution < -0.4 is 10.9 Å². The Bertz CT molecular complexity index is 737. The number of aliphatic hydroxyl groups excluding tert-OH is 1. The first-order valence-electron chi connectivity index (χ1n) is 7.92. The third-order valence-electron chi connectivity index (χ3n) is 4.23. The Labute approximate surface area is 135 Å². The highest BCUT2D eigenvalue weighted by molar-refractivity contribution is 5.70. The largest absolute Gasteiger partial charge is 0.395 e. The van der Waals surface area contributed by atoms with E-state index < -0.39 is 0 Å². The van der Waals surface area contributed by atoms with Crippen molar-refractivity contribution in [2.24, 2.45) is 0 Å². The van der Waals surface area contributed by atoms with E-state index in [1.54, 1.807) is 0 Å². The predicted molar refractivity (Wildman–Crippen MR) is 90.2 cm³/mol. The minimum Gasteiger partial charge on any atom is -0.395 e. The zero-order valence-corrected chi connectivity index (χ0v) is 13.0. The Morgan fingerprint density at radius 3 is 2.91 bits per heavy atom.